The zero-order valence-electron chi connectivity index (χ0n) is 11.6. The van der Waals surface area contributed by atoms with Crippen molar-refractivity contribution in [2.75, 3.05) is 0 Å². The summed E-state index contributed by atoms with van der Waals surface area (Å²) in [4.78, 5) is 16.8. The largest absolute Gasteiger partial charge is 0.438 e. The number of benzene rings is 2. The van der Waals surface area contributed by atoms with Gasteiger partial charge in [0.1, 0.15) is 5.75 Å². The third-order valence-corrected chi connectivity index (χ3v) is 3.57. The first-order valence-electron chi connectivity index (χ1n) is 6.72. The zero-order chi connectivity index (χ0) is 15.4. The fourth-order valence-electron chi connectivity index (χ4n) is 2.03. The summed E-state index contributed by atoms with van der Waals surface area (Å²) in [5.74, 6) is 0.837. The maximum atomic E-state index is 12.7. The topological polar surface area (TPSA) is 39.2 Å². The number of nitrogens with zero attached hydrogens (tertiary/aromatic N) is 1. The van der Waals surface area contributed by atoms with Gasteiger partial charge in [-0.3, -0.25) is 4.79 Å². The molecule has 0 spiro atoms. The van der Waals surface area contributed by atoms with Gasteiger partial charge in [-0.15, -0.1) is 0 Å². The average molecular weight is 354 g/mol. The molecule has 3 aromatic rings. The second-order valence-corrected chi connectivity index (χ2v) is 5.52. The Morgan fingerprint density at radius 3 is 2.45 bits per heavy atom. The van der Waals surface area contributed by atoms with Crippen molar-refractivity contribution >= 4 is 21.7 Å². The highest BCUT2D eigenvalue weighted by molar-refractivity contribution is 9.10. The molecule has 0 N–H and O–H groups in total. The van der Waals surface area contributed by atoms with Crippen molar-refractivity contribution in [1.82, 2.24) is 4.98 Å². The van der Waals surface area contributed by atoms with Crippen LogP contribution in [0, 0.1) is 0 Å². The number of halogens is 1. The van der Waals surface area contributed by atoms with E-state index in [1.54, 1.807) is 36.5 Å². The summed E-state index contributed by atoms with van der Waals surface area (Å²) in [6, 6.07) is 19.9. The molecule has 4 heteroatoms. The molecular formula is C18H12BrNO2. The number of ketones is 1. The van der Waals surface area contributed by atoms with E-state index in [9.17, 15) is 4.79 Å². The van der Waals surface area contributed by atoms with E-state index in [0.29, 0.717) is 22.8 Å². The quantitative estimate of drug-likeness (QED) is 0.628. The first-order chi connectivity index (χ1) is 10.7. The highest BCUT2D eigenvalue weighted by Gasteiger charge is 2.15. The number of ether oxygens (including phenoxy) is 1. The average Bonchev–Trinajstić information content (AvgIpc) is 2.56. The summed E-state index contributed by atoms with van der Waals surface area (Å²) >= 11 is 3.40. The van der Waals surface area contributed by atoms with E-state index >= 15 is 0 Å². The van der Waals surface area contributed by atoms with Gasteiger partial charge in [0, 0.05) is 22.3 Å². The molecule has 0 unspecified atom stereocenters. The minimum atomic E-state index is -0.0842. The summed E-state index contributed by atoms with van der Waals surface area (Å²) in [5, 5.41) is 0. The third-order valence-electron chi connectivity index (χ3n) is 3.08. The number of aromatic nitrogens is 1. The standard InChI is InChI=1S/C18H12BrNO2/c19-14-9-10-15(18(21)13-6-2-1-3-7-13)16(12-14)22-17-8-4-5-11-20-17/h1-12H. The molecule has 108 valence electrons. The predicted octanol–water partition coefficient (Wildman–Crippen LogP) is 4.87. The smallest absolute Gasteiger partial charge is 0.219 e. The predicted molar refractivity (Wildman–Crippen MR) is 88.3 cm³/mol. The molecule has 3 rings (SSSR count). The number of hydrogen-bond donors (Lipinski definition) is 0. The van der Waals surface area contributed by atoms with Crippen LogP contribution < -0.4 is 4.74 Å². The van der Waals surface area contributed by atoms with Crippen LogP contribution >= 0.6 is 15.9 Å². The van der Waals surface area contributed by atoms with Gasteiger partial charge in [0.2, 0.25) is 5.88 Å². The van der Waals surface area contributed by atoms with Gasteiger partial charge in [0.25, 0.3) is 0 Å². The molecule has 0 amide bonds. The van der Waals surface area contributed by atoms with Crippen LogP contribution in [0.2, 0.25) is 0 Å². The molecule has 0 radical (unpaired) electrons. The molecule has 3 nitrogen and oxygen atoms in total. The van der Waals surface area contributed by atoms with Crippen LogP contribution in [0.25, 0.3) is 0 Å². The summed E-state index contributed by atoms with van der Waals surface area (Å²) < 4.78 is 6.61. The van der Waals surface area contributed by atoms with E-state index in [1.165, 1.54) is 0 Å². The number of rotatable bonds is 4. The molecule has 0 fully saturated rings. The maximum Gasteiger partial charge on any atom is 0.219 e. The van der Waals surface area contributed by atoms with E-state index in [4.69, 9.17) is 4.74 Å². The van der Waals surface area contributed by atoms with E-state index in [2.05, 4.69) is 20.9 Å². The summed E-state index contributed by atoms with van der Waals surface area (Å²) in [6.07, 6.45) is 1.64. The summed E-state index contributed by atoms with van der Waals surface area (Å²) in [5.41, 5.74) is 1.12. The van der Waals surface area contributed by atoms with E-state index in [0.717, 1.165) is 4.47 Å². The lowest BCUT2D eigenvalue weighted by molar-refractivity contribution is 0.103. The Hall–Kier alpha value is -2.46. The van der Waals surface area contributed by atoms with Crippen LogP contribution in [0.5, 0.6) is 11.6 Å². The fourth-order valence-corrected chi connectivity index (χ4v) is 2.37. The van der Waals surface area contributed by atoms with E-state index < -0.39 is 0 Å². The fraction of sp³-hybridized carbons (Fsp3) is 0. The van der Waals surface area contributed by atoms with Gasteiger partial charge in [0.05, 0.1) is 5.56 Å². The second kappa shape index (κ2) is 6.54. The lowest BCUT2D eigenvalue weighted by Crippen LogP contribution is -2.03. The molecular weight excluding hydrogens is 342 g/mol. The molecule has 1 aromatic heterocycles. The molecule has 1 heterocycles. The number of hydrogen-bond acceptors (Lipinski definition) is 3. The van der Waals surface area contributed by atoms with Gasteiger partial charge in [0.15, 0.2) is 5.78 Å². The number of carbonyl (C=O) groups excluding carboxylic acids is 1. The SMILES string of the molecule is O=C(c1ccccc1)c1ccc(Br)cc1Oc1ccccn1. The van der Waals surface area contributed by atoms with Gasteiger partial charge in [-0.1, -0.05) is 52.3 Å². The summed E-state index contributed by atoms with van der Waals surface area (Å²) in [6.45, 7) is 0. The van der Waals surface area contributed by atoms with Crippen molar-refractivity contribution in [2.24, 2.45) is 0 Å². The van der Waals surface area contributed by atoms with Gasteiger partial charge in [-0.2, -0.15) is 0 Å². The van der Waals surface area contributed by atoms with Crippen molar-refractivity contribution in [3.63, 3.8) is 0 Å². The minimum absolute atomic E-state index is 0.0842. The zero-order valence-corrected chi connectivity index (χ0v) is 13.2. The van der Waals surface area contributed by atoms with Gasteiger partial charge < -0.3 is 4.74 Å². The summed E-state index contributed by atoms with van der Waals surface area (Å²) in [7, 11) is 0. The van der Waals surface area contributed by atoms with Crippen LogP contribution in [0.1, 0.15) is 15.9 Å². The molecule has 0 atom stereocenters. The van der Waals surface area contributed by atoms with Crippen molar-refractivity contribution in [3.8, 4) is 11.6 Å². The highest BCUT2D eigenvalue weighted by atomic mass is 79.9. The Morgan fingerprint density at radius 1 is 0.955 bits per heavy atom. The second-order valence-electron chi connectivity index (χ2n) is 4.61. The molecule has 0 aliphatic rings. The molecule has 0 saturated carbocycles. The Kier molecular flexibility index (Phi) is 4.30. The number of pyridine rings is 1. The minimum Gasteiger partial charge on any atom is -0.438 e. The van der Waals surface area contributed by atoms with E-state index in [-0.39, 0.29) is 5.78 Å². The number of carbonyl (C=O) groups is 1. The van der Waals surface area contributed by atoms with Crippen molar-refractivity contribution in [2.45, 2.75) is 0 Å². The van der Waals surface area contributed by atoms with Crippen molar-refractivity contribution in [3.05, 3.63) is 88.5 Å². The van der Waals surface area contributed by atoms with Crippen LogP contribution in [0.15, 0.2) is 77.4 Å². The lowest BCUT2D eigenvalue weighted by Gasteiger charge is -2.10. The van der Waals surface area contributed by atoms with Crippen LogP contribution in [0.3, 0.4) is 0 Å². The monoisotopic (exact) mass is 353 g/mol. The highest BCUT2D eigenvalue weighted by Crippen LogP contribution is 2.29. The molecule has 0 aliphatic heterocycles. The Bertz CT molecular complexity index is 789. The van der Waals surface area contributed by atoms with E-state index in [1.807, 2.05) is 36.4 Å². The van der Waals surface area contributed by atoms with Gasteiger partial charge >= 0.3 is 0 Å². The molecule has 2 aromatic carbocycles. The Morgan fingerprint density at radius 2 is 1.73 bits per heavy atom. The lowest BCUT2D eigenvalue weighted by atomic mass is 10.0. The third kappa shape index (κ3) is 3.23. The maximum absolute atomic E-state index is 12.7. The van der Waals surface area contributed by atoms with Gasteiger partial charge in [-0.05, 0) is 24.3 Å². The Labute approximate surface area is 136 Å². The first-order valence-corrected chi connectivity index (χ1v) is 7.51. The Balaban J connectivity index is 1.99. The molecule has 0 aliphatic carbocycles. The molecule has 0 bridgehead atoms. The normalized spacial score (nSPS) is 10.2. The van der Waals surface area contributed by atoms with Gasteiger partial charge in [-0.25, -0.2) is 4.98 Å². The first kappa shape index (κ1) is 14.5. The van der Waals surface area contributed by atoms with Crippen molar-refractivity contribution in [1.29, 1.82) is 0 Å². The van der Waals surface area contributed by atoms with Crippen molar-refractivity contribution < 1.29 is 9.53 Å². The molecule has 0 saturated heterocycles. The van der Waals surface area contributed by atoms with Crippen LogP contribution in [-0.4, -0.2) is 10.8 Å². The van der Waals surface area contributed by atoms with Crippen LogP contribution in [0.4, 0.5) is 0 Å². The molecule has 22 heavy (non-hydrogen) atoms. The van der Waals surface area contributed by atoms with Crippen LogP contribution in [-0.2, 0) is 0 Å².